The minimum Gasteiger partial charge on any atom is -0.280 e. The van der Waals surface area contributed by atoms with Crippen LogP contribution in [0, 0.1) is 0 Å². The molecule has 1 aromatic carbocycles. The summed E-state index contributed by atoms with van der Waals surface area (Å²) in [5.41, 5.74) is 5.52. The van der Waals surface area contributed by atoms with Gasteiger partial charge in [0, 0.05) is 11.9 Å². The van der Waals surface area contributed by atoms with Gasteiger partial charge in [-0.2, -0.15) is 0 Å². The molecule has 0 N–H and O–H groups in total. The number of benzene rings is 1. The lowest BCUT2D eigenvalue weighted by Gasteiger charge is -2.09. The first-order chi connectivity index (χ1) is 10.3. The summed E-state index contributed by atoms with van der Waals surface area (Å²) in [5.74, 6) is 1.13. The lowest BCUT2D eigenvalue weighted by Crippen LogP contribution is -2.01. The summed E-state index contributed by atoms with van der Waals surface area (Å²) in [4.78, 5) is 8.98. The number of hydrogen-bond donors (Lipinski definition) is 0. The van der Waals surface area contributed by atoms with E-state index in [4.69, 9.17) is 23.2 Å². The predicted molar refractivity (Wildman–Crippen MR) is 85.5 cm³/mol. The molecule has 5 heteroatoms. The summed E-state index contributed by atoms with van der Waals surface area (Å²) in [6.07, 6.45) is 5.20. The number of hydrogen-bond acceptors (Lipinski definition) is 2. The fraction of sp³-hybridized carbons (Fsp3) is 0.250. The Hall–Kier alpha value is -1.58. The van der Waals surface area contributed by atoms with E-state index in [1.165, 1.54) is 24.0 Å². The molecule has 3 nitrogen and oxygen atoms in total. The normalized spacial score (nSPS) is 13.8. The van der Waals surface area contributed by atoms with Gasteiger partial charge in [0.1, 0.15) is 11.3 Å². The van der Waals surface area contributed by atoms with Gasteiger partial charge < -0.3 is 0 Å². The topological polar surface area (TPSA) is 30.7 Å². The third kappa shape index (κ3) is 2.12. The Labute approximate surface area is 132 Å². The Balaban J connectivity index is 1.96. The number of halogens is 2. The molecular weight excluding hydrogens is 305 g/mol. The highest BCUT2D eigenvalue weighted by Crippen LogP contribution is 2.28. The summed E-state index contributed by atoms with van der Waals surface area (Å²) >= 11 is 12.1. The zero-order valence-corrected chi connectivity index (χ0v) is 12.8. The number of rotatable bonds is 2. The minimum atomic E-state index is 0.338. The molecule has 0 saturated heterocycles. The van der Waals surface area contributed by atoms with Gasteiger partial charge in [-0.3, -0.25) is 4.57 Å². The Morgan fingerprint density at radius 1 is 1.14 bits per heavy atom. The lowest BCUT2D eigenvalue weighted by molar-refractivity contribution is 0.911. The minimum absolute atomic E-state index is 0.338. The van der Waals surface area contributed by atoms with Crippen molar-refractivity contribution in [3.63, 3.8) is 0 Å². The second-order valence-corrected chi connectivity index (χ2v) is 6.00. The van der Waals surface area contributed by atoms with Crippen LogP contribution in [0.1, 0.15) is 23.4 Å². The van der Waals surface area contributed by atoms with Crippen molar-refractivity contribution < 1.29 is 0 Å². The van der Waals surface area contributed by atoms with Crippen LogP contribution in [0.3, 0.4) is 0 Å². The highest BCUT2D eigenvalue weighted by Gasteiger charge is 2.16. The smallest absolute Gasteiger partial charge is 0.164 e. The van der Waals surface area contributed by atoms with Crippen LogP contribution in [0.15, 0.2) is 30.5 Å². The van der Waals surface area contributed by atoms with E-state index in [-0.39, 0.29) is 0 Å². The van der Waals surface area contributed by atoms with Gasteiger partial charge in [-0.25, -0.2) is 9.97 Å². The Bertz CT molecular complexity index is 839. The van der Waals surface area contributed by atoms with E-state index in [9.17, 15) is 0 Å². The van der Waals surface area contributed by atoms with Crippen molar-refractivity contribution in [1.82, 2.24) is 14.5 Å². The number of alkyl halides is 1. The Morgan fingerprint density at radius 2 is 2.00 bits per heavy atom. The van der Waals surface area contributed by atoms with Crippen molar-refractivity contribution in [2.45, 2.75) is 25.1 Å². The van der Waals surface area contributed by atoms with E-state index in [1.54, 1.807) is 6.20 Å². The molecule has 4 rings (SSSR count). The van der Waals surface area contributed by atoms with Gasteiger partial charge in [-0.05, 0) is 48.6 Å². The second kappa shape index (κ2) is 5.00. The van der Waals surface area contributed by atoms with Crippen LogP contribution in [-0.2, 0) is 18.7 Å². The SMILES string of the molecule is ClCc1nc2cc(Cl)cnc2n1-c1ccc2c(c1)CCC2. The first-order valence-corrected chi connectivity index (χ1v) is 7.88. The van der Waals surface area contributed by atoms with E-state index in [1.807, 2.05) is 10.6 Å². The van der Waals surface area contributed by atoms with Crippen LogP contribution < -0.4 is 0 Å². The number of imidazole rings is 1. The van der Waals surface area contributed by atoms with E-state index < -0.39 is 0 Å². The average Bonchev–Trinajstić information content (AvgIpc) is 3.09. The number of nitrogens with zero attached hydrogens (tertiary/aromatic N) is 3. The van der Waals surface area contributed by atoms with Gasteiger partial charge in [0.05, 0.1) is 10.9 Å². The van der Waals surface area contributed by atoms with Crippen LogP contribution in [0.4, 0.5) is 0 Å². The zero-order valence-electron chi connectivity index (χ0n) is 11.3. The van der Waals surface area contributed by atoms with Gasteiger partial charge >= 0.3 is 0 Å². The summed E-state index contributed by atoms with van der Waals surface area (Å²) in [7, 11) is 0. The van der Waals surface area contributed by atoms with Crippen molar-refractivity contribution in [1.29, 1.82) is 0 Å². The van der Waals surface area contributed by atoms with Crippen LogP contribution in [0.5, 0.6) is 0 Å². The summed E-state index contributed by atoms with van der Waals surface area (Å²) in [6.45, 7) is 0. The van der Waals surface area contributed by atoms with Crippen molar-refractivity contribution in [2.75, 3.05) is 0 Å². The van der Waals surface area contributed by atoms with Crippen molar-refractivity contribution in [3.8, 4) is 5.69 Å². The molecule has 0 fully saturated rings. The van der Waals surface area contributed by atoms with E-state index in [0.29, 0.717) is 10.9 Å². The van der Waals surface area contributed by atoms with E-state index in [2.05, 4.69) is 28.2 Å². The summed E-state index contributed by atoms with van der Waals surface area (Å²) < 4.78 is 2.03. The van der Waals surface area contributed by atoms with Gasteiger partial charge in [0.15, 0.2) is 5.65 Å². The molecule has 2 aromatic heterocycles. The van der Waals surface area contributed by atoms with Crippen LogP contribution in [0.25, 0.3) is 16.9 Å². The molecule has 0 bridgehead atoms. The van der Waals surface area contributed by atoms with Crippen molar-refractivity contribution in [3.05, 3.63) is 52.4 Å². The number of aryl methyl sites for hydroxylation is 2. The maximum Gasteiger partial charge on any atom is 0.164 e. The molecule has 21 heavy (non-hydrogen) atoms. The number of fused-ring (bicyclic) bond motifs is 2. The molecule has 3 aromatic rings. The maximum atomic E-state index is 6.07. The van der Waals surface area contributed by atoms with Crippen molar-refractivity contribution >= 4 is 34.4 Å². The standard InChI is InChI=1S/C16H13Cl2N3/c17-8-15-20-14-7-12(18)9-19-16(14)21(15)13-5-4-10-2-1-3-11(10)6-13/h4-7,9H,1-3,8H2. The zero-order chi connectivity index (χ0) is 14.4. The molecule has 0 radical (unpaired) electrons. The largest absolute Gasteiger partial charge is 0.280 e. The van der Waals surface area contributed by atoms with Gasteiger partial charge in [-0.1, -0.05) is 17.7 Å². The second-order valence-electron chi connectivity index (χ2n) is 5.30. The first-order valence-electron chi connectivity index (χ1n) is 6.97. The van der Waals surface area contributed by atoms with Gasteiger partial charge in [0.25, 0.3) is 0 Å². The Morgan fingerprint density at radius 3 is 2.86 bits per heavy atom. The average molecular weight is 318 g/mol. The summed E-state index contributed by atoms with van der Waals surface area (Å²) in [5, 5.41) is 0.585. The third-order valence-electron chi connectivity index (χ3n) is 3.99. The molecular formula is C16H13Cl2N3. The van der Waals surface area contributed by atoms with Crippen LogP contribution in [0.2, 0.25) is 5.02 Å². The number of pyridine rings is 1. The fourth-order valence-electron chi connectivity index (χ4n) is 3.05. The quantitative estimate of drug-likeness (QED) is 0.660. The maximum absolute atomic E-state index is 6.07. The lowest BCUT2D eigenvalue weighted by atomic mass is 10.1. The van der Waals surface area contributed by atoms with Crippen LogP contribution in [-0.4, -0.2) is 14.5 Å². The molecule has 106 valence electrons. The predicted octanol–water partition coefficient (Wildman–Crippen LogP) is 4.30. The molecule has 0 saturated carbocycles. The van der Waals surface area contributed by atoms with Crippen molar-refractivity contribution in [2.24, 2.45) is 0 Å². The Kier molecular flexibility index (Phi) is 3.12. The molecule has 0 atom stereocenters. The molecule has 2 heterocycles. The molecule has 1 aliphatic rings. The summed E-state index contributed by atoms with van der Waals surface area (Å²) in [6, 6.07) is 8.38. The van der Waals surface area contributed by atoms with Gasteiger partial charge in [-0.15, -0.1) is 11.6 Å². The first kappa shape index (κ1) is 13.1. The highest BCUT2D eigenvalue weighted by atomic mass is 35.5. The van der Waals surface area contributed by atoms with E-state index in [0.717, 1.165) is 29.1 Å². The van der Waals surface area contributed by atoms with E-state index >= 15 is 0 Å². The van der Waals surface area contributed by atoms with Gasteiger partial charge in [0.2, 0.25) is 0 Å². The molecule has 1 aliphatic carbocycles. The van der Waals surface area contributed by atoms with Crippen LogP contribution >= 0.6 is 23.2 Å². The fourth-order valence-corrected chi connectivity index (χ4v) is 3.38. The number of aromatic nitrogens is 3. The third-order valence-corrected chi connectivity index (χ3v) is 4.44. The monoisotopic (exact) mass is 317 g/mol. The molecule has 0 amide bonds. The molecule has 0 aliphatic heterocycles. The molecule has 0 unspecified atom stereocenters. The highest BCUT2D eigenvalue weighted by molar-refractivity contribution is 6.31. The molecule has 0 spiro atoms.